The molecule has 0 aliphatic carbocycles. The molecule has 1 aromatic heterocycles. The van der Waals surface area contributed by atoms with Crippen molar-refractivity contribution >= 4 is 29.1 Å². The lowest BCUT2D eigenvalue weighted by molar-refractivity contribution is 0.102. The highest BCUT2D eigenvalue weighted by atomic mass is 35.5. The molecule has 0 spiro atoms. The first-order chi connectivity index (χ1) is 12.9. The minimum Gasteiger partial charge on any atom is -0.350 e. The van der Waals surface area contributed by atoms with Crippen molar-refractivity contribution in [1.82, 2.24) is 9.97 Å². The topological polar surface area (TPSA) is 66.9 Å². The van der Waals surface area contributed by atoms with Crippen LogP contribution in [0.4, 0.5) is 11.6 Å². The number of rotatable bonds is 5. The minimum absolute atomic E-state index is 0.288. The molecule has 0 aliphatic rings. The lowest BCUT2D eigenvalue weighted by Crippen LogP contribution is -2.16. The van der Waals surface area contributed by atoms with Gasteiger partial charge in [-0.15, -0.1) is 0 Å². The van der Waals surface area contributed by atoms with Crippen molar-refractivity contribution < 1.29 is 4.79 Å². The Bertz CT molecular complexity index is 970. The first-order valence-electron chi connectivity index (χ1n) is 8.63. The van der Waals surface area contributed by atoms with Crippen LogP contribution in [-0.4, -0.2) is 15.9 Å². The second-order valence-corrected chi connectivity index (χ2v) is 6.91. The Morgan fingerprint density at radius 1 is 1.00 bits per heavy atom. The number of nitrogens with zero attached hydrogens (tertiary/aromatic N) is 2. The van der Waals surface area contributed by atoms with Gasteiger partial charge in [-0.05, 0) is 56.2 Å². The van der Waals surface area contributed by atoms with Crippen LogP contribution in [0.1, 0.15) is 32.9 Å². The lowest BCUT2D eigenvalue weighted by atomic mass is 10.1. The van der Waals surface area contributed by atoms with E-state index in [1.54, 1.807) is 24.3 Å². The van der Waals surface area contributed by atoms with E-state index in [0.717, 1.165) is 16.8 Å². The molecule has 0 saturated heterocycles. The van der Waals surface area contributed by atoms with Crippen LogP contribution < -0.4 is 10.6 Å². The maximum absolute atomic E-state index is 12.6. The molecular formula is C21H21ClN4O. The first-order valence-corrected chi connectivity index (χ1v) is 9.01. The summed E-state index contributed by atoms with van der Waals surface area (Å²) in [5.74, 6) is 0.137. The summed E-state index contributed by atoms with van der Waals surface area (Å²) in [6.45, 7) is 6.36. The maximum atomic E-state index is 12.6. The van der Waals surface area contributed by atoms with E-state index in [9.17, 15) is 4.79 Å². The summed E-state index contributed by atoms with van der Waals surface area (Å²) < 4.78 is 0. The van der Waals surface area contributed by atoms with E-state index in [2.05, 4.69) is 44.9 Å². The predicted molar refractivity (Wildman–Crippen MR) is 109 cm³/mol. The number of nitrogens with one attached hydrogen (secondary N) is 2. The lowest BCUT2D eigenvalue weighted by Gasteiger charge is -2.11. The van der Waals surface area contributed by atoms with Gasteiger partial charge in [0.25, 0.3) is 5.91 Å². The number of aromatic nitrogens is 2. The minimum atomic E-state index is -0.288. The van der Waals surface area contributed by atoms with E-state index >= 15 is 0 Å². The number of carbonyl (C=O) groups excluding carboxylic acids is 1. The van der Waals surface area contributed by atoms with Crippen molar-refractivity contribution in [1.29, 1.82) is 0 Å². The van der Waals surface area contributed by atoms with Crippen LogP contribution in [-0.2, 0) is 6.54 Å². The van der Waals surface area contributed by atoms with Crippen LogP contribution in [0.5, 0.6) is 0 Å². The molecule has 0 fully saturated rings. The first kappa shape index (κ1) is 18.9. The molecule has 2 aromatic carbocycles. The zero-order valence-corrected chi connectivity index (χ0v) is 16.3. The third-order valence-corrected chi connectivity index (χ3v) is 4.33. The Kier molecular flexibility index (Phi) is 5.72. The van der Waals surface area contributed by atoms with Gasteiger partial charge in [-0.1, -0.05) is 41.4 Å². The standard InChI is InChI=1S/C21H21ClN4O/c1-13-4-6-16(7-5-13)12-23-21-24-15(3)11-19(26-21)20(27)25-18-9-8-17(22)10-14(18)2/h4-11H,12H2,1-3H3,(H,25,27)(H,23,24,26). The molecule has 1 heterocycles. The van der Waals surface area contributed by atoms with Gasteiger partial charge in [0.2, 0.25) is 5.95 Å². The molecule has 6 heteroatoms. The van der Waals surface area contributed by atoms with Crippen molar-refractivity contribution in [3.8, 4) is 0 Å². The summed E-state index contributed by atoms with van der Waals surface area (Å²) >= 11 is 5.96. The molecule has 0 atom stereocenters. The molecule has 0 unspecified atom stereocenters. The van der Waals surface area contributed by atoms with Crippen LogP contribution in [0.3, 0.4) is 0 Å². The van der Waals surface area contributed by atoms with E-state index < -0.39 is 0 Å². The Morgan fingerprint density at radius 2 is 1.74 bits per heavy atom. The van der Waals surface area contributed by atoms with Crippen molar-refractivity contribution in [3.05, 3.63) is 81.6 Å². The van der Waals surface area contributed by atoms with Gasteiger partial charge in [-0.25, -0.2) is 9.97 Å². The summed E-state index contributed by atoms with van der Waals surface area (Å²) in [5, 5.41) is 6.68. The van der Waals surface area contributed by atoms with Crippen LogP contribution in [0.25, 0.3) is 0 Å². The molecule has 0 radical (unpaired) electrons. The van der Waals surface area contributed by atoms with E-state index in [-0.39, 0.29) is 5.91 Å². The highest BCUT2D eigenvalue weighted by molar-refractivity contribution is 6.30. The average Bonchev–Trinajstić information content (AvgIpc) is 2.63. The van der Waals surface area contributed by atoms with Gasteiger partial charge in [0.1, 0.15) is 5.69 Å². The van der Waals surface area contributed by atoms with Crippen molar-refractivity contribution in [2.45, 2.75) is 27.3 Å². The normalized spacial score (nSPS) is 10.5. The molecule has 3 rings (SSSR count). The molecule has 0 aliphatic heterocycles. The number of benzene rings is 2. The fourth-order valence-electron chi connectivity index (χ4n) is 2.60. The van der Waals surface area contributed by atoms with E-state index in [1.807, 2.05) is 20.8 Å². The van der Waals surface area contributed by atoms with Gasteiger partial charge >= 0.3 is 0 Å². The second kappa shape index (κ2) is 8.18. The van der Waals surface area contributed by atoms with Gasteiger partial charge in [0.15, 0.2) is 0 Å². The van der Waals surface area contributed by atoms with Crippen LogP contribution in [0.2, 0.25) is 5.02 Å². The molecule has 138 valence electrons. The molecule has 1 amide bonds. The number of anilines is 2. The fraction of sp³-hybridized carbons (Fsp3) is 0.190. The van der Waals surface area contributed by atoms with Gasteiger partial charge in [-0.3, -0.25) is 4.79 Å². The van der Waals surface area contributed by atoms with Crippen LogP contribution in [0.15, 0.2) is 48.5 Å². The van der Waals surface area contributed by atoms with Gasteiger partial charge < -0.3 is 10.6 Å². The summed E-state index contributed by atoms with van der Waals surface area (Å²) in [6.07, 6.45) is 0. The molecule has 3 aromatic rings. The third kappa shape index (κ3) is 5.05. The van der Waals surface area contributed by atoms with E-state index in [4.69, 9.17) is 11.6 Å². The quantitative estimate of drug-likeness (QED) is 0.659. The molecule has 5 nitrogen and oxygen atoms in total. The van der Waals surface area contributed by atoms with Crippen LogP contribution in [0, 0.1) is 20.8 Å². The smallest absolute Gasteiger partial charge is 0.274 e. The Hall–Kier alpha value is -2.92. The maximum Gasteiger partial charge on any atom is 0.274 e. The summed E-state index contributed by atoms with van der Waals surface area (Å²) in [5.41, 5.74) is 4.95. The number of halogens is 1. The zero-order valence-electron chi connectivity index (χ0n) is 15.5. The molecule has 0 bridgehead atoms. The molecule has 0 saturated carbocycles. The number of hydrogen-bond donors (Lipinski definition) is 2. The summed E-state index contributed by atoms with van der Waals surface area (Å²) in [4.78, 5) is 21.3. The molecular weight excluding hydrogens is 360 g/mol. The second-order valence-electron chi connectivity index (χ2n) is 6.47. The Morgan fingerprint density at radius 3 is 2.44 bits per heavy atom. The summed E-state index contributed by atoms with van der Waals surface area (Å²) in [6, 6.07) is 15.2. The summed E-state index contributed by atoms with van der Waals surface area (Å²) in [7, 11) is 0. The SMILES string of the molecule is Cc1ccc(CNc2nc(C)cc(C(=O)Nc3ccc(Cl)cc3C)n2)cc1. The average molecular weight is 381 g/mol. The van der Waals surface area contributed by atoms with E-state index in [1.165, 1.54) is 5.56 Å². The van der Waals surface area contributed by atoms with Crippen molar-refractivity contribution in [2.24, 2.45) is 0 Å². The number of amides is 1. The highest BCUT2D eigenvalue weighted by Gasteiger charge is 2.12. The third-order valence-electron chi connectivity index (χ3n) is 4.09. The zero-order chi connectivity index (χ0) is 19.4. The predicted octanol–water partition coefficient (Wildman–Crippen LogP) is 4.92. The molecule has 2 N–H and O–H groups in total. The largest absolute Gasteiger partial charge is 0.350 e. The van der Waals surface area contributed by atoms with Gasteiger partial charge in [0, 0.05) is 22.9 Å². The Labute approximate surface area is 163 Å². The molecule has 27 heavy (non-hydrogen) atoms. The van der Waals surface area contributed by atoms with E-state index in [0.29, 0.717) is 28.9 Å². The van der Waals surface area contributed by atoms with Crippen LogP contribution >= 0.6 is 11.6 Å². The highest BCUT2D eigenvalue weighted by Crippen LogP contribution is 2.20. The van der Waals surface area contributed by atoms with Gasteiger partial charge in [-0.2, -0.15) is 0 Å². The number of aryl methyl sites for hydroxylation is 3. The number of hydrogen-bond acceptors (Lipinski definition) is 4. The monoisotopic (exact) mass is 380 g/mol. The van der Waals surface area contributed by atoms with Crippen molar-refractivity contribution in [3.63, 3.8) is 0 Å². The fourth-order valence-corrected chi connectivity index (χ4v) is 2.83. The Balaban J connectivity index is 1.73. The van der Waals surface area contributed by atoms with Crippen molar-refractivity contribution in [2.75, 3.05) is 10.6 Å². The number of carbonyl (C=O) groups is 1. The van der Waals surface area contributed by atoms with Gasteiger partial charge in [0.05, 0.1) is 0 Å².